The van der Waals surface area contributed by atoms with Gasteiger partial charge in [0.25, 0.3) is 0 Å². The molecule has 2 N–H and O–H groups in total. The molecule has 35 heavy (non-hydrogen) atoms. The molecule has 4 rings (SSSR count). The van der Waals surface area contributed by atoms with E-state index in [2.05, 4.69) is 31.4 Å². The summed E-state index contributed by atoms with van der Waals surface area (Å²) in [5.41, 5.74) is 2.50. The summed E-state index contributed by atoms with van der Waals surface area (Å²) in [6.07, 6.45) is 14.0. The molecule has 1 aliphatic heterocycles. The Kier molecular flexibility index (Phi) is 8.25. The summed E-state index contributed by atoms with van der Waals surface area (Å²) < 4.78 is 18.4. The Morgan fingerprint density at radius 1 is 1.20 bits per heavy atom. The van der Waals surface area contributed by atoms with Gasteiger partial charge in [0.05, 0.1) is 11.2 Å². The van der Waals surface area contributed by atoms with Gasteiger partial charge in [0.15, 0.2) is 0 Å². The molecule has 1 aliphatic rings. The molecule has 1 saturated heterocycles. The van der Waals surface area contributed by atoms with Gasteiger partial charge in [-0.05, 0) is 50.2 Å². The zero-order valence-corrected chi connectivity index (χ0v) is 19.5. The average molecular weight is 474 g/mol. The number of anilines is 3. The van der Waals surface area contributed by atoms with Gasteiger partial charge >= 0.3 is 0 Å². The number of fused-ring (bicyclic) bond motifs is 1. The van der Waals surface area contributed by atoms with E-state index in [0.717, 1.165) is 30.9 Å². The predicted octanol–water partition coefficient (Wildman–Crippen LogP) is 4.68. The van der Waals surface area contributed by atoms with Crippen molar-refractivity contribution in [1.82, 2.24) is 14.9 Å². The fraction of sp³-hybridized carbons (Fsp3) is 0.296. The molecule has 0 unspecified atom stereocenters. The third-order valence-electron chi connectivity index (χ3n) is 5.70. The second kappa shape index (κ2) is 12.0. The van der Waals surface area contributed by atoms with Crippen LogP contribution in [-0.4, -0.2) is 53.7 Å². The Labute approximate surface area is 204 Å². The first-order chi connectivity index (χ1) is 17.2. The van der Waals surface area contributed by atoms with Crippen LogP contribution in [0, 0.1) is 12.3 Å². The molecule has 3 aromatic rings. The van der Waals surface area contributed by atoms with Gasteiger partial charge in [0.2, 0.25) is 5.91 Å². The maximum atomic E-state index is 12.8. The van der Waals surface area contributed by atoms with Crippen molar-refractivity contribution < 1.29 is 13.9 Å². The van der Waals surface area contributed by atoms with Crippen LogP contribution in [0.4, 0.5) is 21.6 Å². The molecule has 0 spiro atoms. The van der Waals surface area contributed by atoms with E-state index in [1.165, 1.54) is 31.7 Å². The van der Waals surface area contributed by atoms with Crippen LogP contribution in [0.15, 0.2) is 54.9 Å². The number of hydrogen-bond donors (Lipinski definition) is 2. The summed E-state index contributed by atoms with van der Waals surface area (Å²) in [5.74, 6) is 3.20. The van der Waals surface area contributed by atoms with Gasteiger partial charge in [-0.2, -0.15) is 0 Å². The number of likely N-dealkylation sites (tertiary alicyclic amines) is 1. The van der Waals surface area contributed by atoms with Gasteiger partial charge in [-0.1, -0.05) is 24.5 Å². The van der Waals surface area contributed by atoms with Crippen molar-refractivity contribution >= 4 is 34.0 Å². The largest absolute Gasteiger partial charge is 0.489 e. The van der Waals surface area contributed by atoms with E-state index in [9.17, 15) is 9.18 Å². The summed E-state index contributed by atoms with van der Waals surface area (Å²) in [5, 5.41) is 6.78. The monoisotopic (exact) mass is 473 g/mol. The summed E-state index contributed by atoms with van der Waals surface area (Å²) in [4.78, 5) is 23.7. The zero-order valence-electron chi connectivity index (χ0n) is 19.5. The number of benzene rings is 2. The Bertz CT molecular complexity index is 1250. The quantitative estimate of drug-likeness (QED) is 0.347. The lowest BCUT2D eigenvalue weighted by Gasteiger charge is -2.24. The highest BCUT2D eigenvalue weighted by molar-refractivity contribution is 6.03. The van der Waals surface area contributed by atoms with Crippen molar-refractivity contribution in [3.8, 4) is 18.1 Å². The Morgan fingerprint density at radius 3 is 2.86 bits per heavy atom. The van der Waals surface area contributed by atoms with Crippen molar-refractivity contribution in [1.29, 1.82) is 0 Å². The fourth-order valence-corrected chi connectivity index (χ4v) is 4.00. The summed E-state index contributed by atoms with van der Waals surface area (Å²) in [6, 6.07) is 10.8. The van der Waals surface area contributed by atoms with Crippen LogP contribution in [0.3, 0.4) is 0 Å². The first-order valence-corrected chi connectivity index (χ1v) is 11.7. The first-order valence-electron chi connectivity index (χ1n) is 11.7. The number of nitrogens with zero attached hydrogens (tertiary/aromatic N) is 3. The van der Waals surface area contributed by atoms with E-state index in [0.29, 0.717) is 28.2 Å². The van der Waals surface area contributed by atoms with Gasteiger partial charge in [-0.25, -0.2) is 14.4 Å². The minimum Gasteiger partial charge on any atom is -0.489 e. The lowest BCUT2D eigenvalue weighted by atomic mass is 10.1. The number of halogens is 1. The number of ether oxygens (including phenoxy) is 1. The van der Waals surface area contributed by atoms with E-state index < -0.39 is 6.67 Å². The molecular formula is C27H28FN5O2. The van der Waals surface area contributed by atoms with Gasteiger partial charge in [0.1, 0.15) is 31.2 Å². The lowest BCUT2D eigenvalue weighted by Crippen LogP contribution is -2.29. The van der Waals surface area contributed by atoms with Crippen LogP contribution < -0.4 is 15.4 Å². The number of piperidine rings is 1. The number of rotatable bonds is 9. The molecule has 1 aromatic heterocycles. The van der Waals surface area contributed by atoms with Crippen LogP contribution in [-0.2, 0) is 4.79 Å². The first kappa shape index (κ1) is 24.2. The van der Waals surface area contributed by atoms with E-state index in [1.54, 1.807) is 12.1 Å². The molecule has 0 saturated carbocycles. The Morgan fingerprint density at radius 2 is 2.06 bits per heavy atom. The maximum Gasteiger partial charge on any atom is 0.248 e. The maximum absolute atomic E-state index is 12.8. The Balaban J connectivity index is 1.58. The van der Waals surface area contributed by atoms with Crippen LogP contribution in [0.25, 0.3) is 10.9 Å². The molecule has 0 bridgehead atoms. The highest BCUT2D eigenvalue weighted by Gasteiger charge is 2.14. The number of carbonyl (C=O) groups is 1. The minimum absolute atomic E-state index is 0.131. The fourth-order valence-electron chi connectivity index (χ4n) is 4.00. The third-order valence-corrected chi connectivity index (χ3v) is 5.70. The Hall–Kier alpha value is -3.96. The van der Waals surface area contributed by atoms with Crippen LogP contribution in [0.1, 0.15) is 24.8 Å². The molecule has 8 heteroatoms. The number of nitrogens with one attached hydrogen (secondary N) is 2. The van der Waals surface area contributed by atoms with E-state index in [-0.39, 0.29) is 12.5 Å². The SMILES string of the molecule is C#Cc1cccc(Nc2ncnc3cc(OCCF)c(NC(=O)/C=C/CN4CCCCC4)cc23)c1. The molecule has 2 heterocycles. The summed E-state index contributed by atoms with van der Waals surface area (Å²) in [7, 11) is 0. The molecule has 7 nitrogen and oxygen atoms in total. The molecule has 0 aliphatic carbocycles. The minimum atomic E-state index is -0.650. The number of aromatic nitrogens is 2. The number of alkyl halides is 1. The molecule has 180 valence electrons. The molecule has 1 fully saturated rings. The molecule has 1 amide bonds. The number of terminal acetylenes is 1. The van der Waals surface area contributed by atoms with Crippen LogP contribution in [0.5, 0.6) is 5.75 Å². The van der Waals surface area contributed by atoms with Gasteiger partial charge in [0, 0.05) is 35.3 Å². The zero-order chi connectivity index (χ0) is 24.5. The van der Waals surface area contributed by atoms with Gasteiger partial charge in [-0.3, -0.25) is 9.69 Å². The second-order valence-corrected chi connectivity index (χ2v) is 8.23. The summed E-state index contributed by atoms with van der Waals surface area (Å²) in [6.45, 7) is 2.06. The molecular weight excluding hydrogens is 445 g/mol. The average Bonchev–Trinajstić information content (AvgIpc) is 2.88. The molecule has 2 aromatic carbocycles. The van der Waals surface area contributed by atoms with E-state index in [4.69, 9.17) is 11.2 Å². The highest BCUT2D eigenvalue weighted by atomic mass is 19.1. The van der Waals surface area contributed by atoms with E-state index in [1.807, 2.05) is 30.3 Å². The standard InChI is InChI=1S/C27H28FN5O2/c1-2-20-8-6-9-21(16-20)31-27-22-17-24(25(35-15-11-28)18-23(22)29-19-30-27)32-26(34)10-7-14-33-12-4-3-5-13-33/h1,6-10,16-19H,3-5,11-15H2,(H,32,34)(H,29,30,31)/b10-7+. The summed E-state index contributed by atoms with van der Waals surface area (Å²) >= 11 is 0. The van der Waals surface area contributed by atoms with E-state index >= 15 is 0 Å². The molecule has 0 atom stereocenters. The number of hydrogen-bond acceptors (Lipinski definition) is 6. The smallest absolute Gasteiger partial charge is 0.248 e. The molecule has 0 radical (unpaired) electrons. The van der Waals surface area contributed by atoms with Crippen LogP contribution >= 0.6 is 0 Å². The normalized spacial score (nSPS) is 14.1. The van der Waals surface area contributed by atoms with Crippen molar-refractivity contribution in [3.63, 3.8) is 0 Å². The van der Waals surface area contributed by atoms with Crippen molar-refractivity contribution in [2.45, 2.75) is 19.3 Å². The predicted molar refractivity (Wildman–Crippen MR) is 137 cm³/mol. The van der Waals surface area contributed by atoms with Crippen molar-refractivity contribution in [2.75, 3.05) is 43.5 Å². The van der Waals surface area contributed by atoms with Crippen LogP contribution in [0.2, 0.25) is 0 Å². The van der Waals surface area contributed by atoms with Gasteiger partial charge < -0.3 is 15.4 Å². The van der Waals surface area contributed by atoms with Gasteiger partial charge in [-0.15, -0.1) is 6.42 Å². The van der Waals surface area contributed by atoms with Crippen molar-refractivity contribution in [3.05, 3.63) is 60.4 Å². The lowest BCUT2D eigenvalue weighted by molar-refractivity contribution is -0.111. The third kappa shape index (κ3) is 6.55. The highest BCUT2D eigenvalue weighted by Crippen LogP contribution is 2.33. The second-order valence-electron chi connectivity index (χ2n) is 8.23. The topological polar surface area (TPSA) is 79.4 Å². The number of carbonyl (C=O) groups excluding carboxylic acids is 1. The number of amides is 1. The van der Waals surface area contributed by atoms with Crippen molar-refractivity contribution in [2.24, 2.45) is 0 Å².